The van der Waals surface area contributed by atoms with Crippen molar-refractivity contribution in [2.24, 2.45) is 0 Å². The largest absolute Gasteiger partial charge is 0.462 e. The lowest BCUT2D eigenvalue weighted by Crippen LogP contribution is -2.22. The van der Waals surface area contributed by atoms with Gasteiger partial charge in [0.05, 0.1) is 17.5 Å². The molecule has 3 rings (SSSR count). The maximum Gasteiger partial charge on any atom is 0.343 e. The minimum absolute atomic E-state index is 0.0182. The van der Waals surface area contributed by atoms with Crippen LogP contribution in [-0.2, 0) is 4.74 Å². The van der Waals surface area contributed by atoms with Crippen LogP contribution in [0.15, 0.2) is 23.1 Å². The summed E-state index contributed by atoms with van der Waals surface area (Å²) in [5, 5.41) is -1.08. The summed E-state index contributed by atoms with van der Waals surface area (Å²) in [5.74, 6) is -5.02. The number of aromatic nitrogens is 2. The fourth-order valence-corrected chi connectivity index (χ4v) is 3.02. The number of benzene rings is 1. The van der Waals surface area contributed by atoms with Gasteiger partial charge in [-0.2, -0.15) is 0 Å². The summed E-state index contributed by atoms with van der Waals surface area (Å²) in [5.41, 5.74) is 4.15. The highest BCUT2D eigenvalue weighted by atomic mass is 35.5. The molecule has 2 aromatic heterocycles. The smallest absolute Gasteiger partial charge is 0.343 e. The van der Waals surface area contributed by atoms with Crippen LogP contribution >= 0.6 is 11.6 Å². The first-order valence-electron chi connectivity index (χ1n) is 8.00. The first kappa shape index (κ1) is 19.7. The zero-order valence-corrected chi connectivity index (χ0v) is 15.4. The van der Waals surface area contributed by atoms with Gasteiger partial charge in [-0.05, 0) is 31.5 Å². The van der Waals surface area contributed by atoms with Gasteiger partial charge in [0.2, 0.25) is 5.43 Å². The van der Waals surface area contributed by atoms with E-state index in [4.69, 9.17) is 22.1 Å². The van der Waals surface area contributed by atoms with E-state index in [1.165, 1.54) is 13.8 Å². The summed E-state index contributed by atoms with van der Waals surface area (Å²) in [4.78, 5) is 28.8. The van der Waals surface area contributed by atoms with Gasteiger partial charge in [0.25, 0.3) is 0 Å². The number of nitrogen functional groups attached to an aromatic ring is 1. The summed E-state index contributed by atoms with van der Waals surface area (Å²) in [6, 6.07) is 1.69. The fraction of sp³-hybridized carbons (Fsp3) is 0.167. The summed E-state index contributed by atoms with van der Waals surface area (Å²) in [6.45, 7) is 3.00. The Labute approximate surface area is 161 Å². The zero-order valence-electron chi connectivity index (χ0n) is 14.6. The molecule has 28 heavy (non-hydrogen) atoms. The zero-order chi connectivity index (χ0) is 20.7. The molecule has 0 saturated carbocycles. The van der Waals surface area contributed by atoms with Gasteiger partial charge in [-0.3, -0.25) is 9.36 Å². The van der Waals surface area contributed by atoms with E-state index >= 15 is 0 Å². The van der Waals surface area contributed by atoms with Crippen LogP contribution in [0.5, 0.6) is 0 Å². The quantitative estimate of drug-likeness (QED) is 0.526. The maximum absolute atomic E-state index is 14.1. The van der Waals surface area contributed by atoms with E-state index in [1.54, 1.807) is 0 Å². The standard InChI is InChI=1S/C18H13ClF3N3O3/c1-3-28-18(27)9-6-25(17-7(2)4-11(21)16(23)24-17)14-8(15(9)26)5-10(20)13(22)12(14)19/h4-6H,3H2,1-2H3,(H2,23,24). The number of nitrogens with two attached hydrogens (primary N) is 1. The molecule has 0 bridgehead atoms. The third-order valence-corrected chi connectivity index (χ3v) is 4.36. The van der Waals surface area contributed by atoms with Gasteiger partial charge in [0.15, 0.2) is 23.3 Å². The molecule has 3 aromatic rings. The molecule has 0 spiro atoms. The minimum atomic E-state index is -1.39. The van der Waals surface area contributed by atoms with E-state index in [2.05, 4.69) is 4.98 Å². The van der Waals surface area contributed by atoms with E-state index in [9.17, 15) is 22.8 Å². The Morgan fingerprint density at radius 1 is 1.29 bits per heavy atom. The first-order valence-corrected chi connectivity index (χ1v) is 8.38. The molecule has 0 amide bonds. The van der Waals surface area contributed by atoms with Crippen molar-refractivity contribution in [3.63, 3.8) is 0 Å². The van der Waals surface area contributed by atoms with Crippen molar-refractivity contribution in [2.45, 2.75) is 13.8 Å². The van der Waals surface area contributed by atoms with Crippen molar-refractivity contribution in [1.29, 1.82) is 0 Å². The molecular weight excluding hydrogens is 399 g/mol. The lowest BCUT2D eigenvalue weighted by Gasteiger charge is -2.16. The fourth-order valence-electron chi connectivity index (χ4n) is 2.74. The Morgan fingerprint density at radius 2 is 1.96 bits per heavy atom. The first-order chi connectivity index (χ1) is 13.2. The molecule has 2 N–H and O–H groups in total. The van der Waals surface area contributed by atoms with Crippen LogP contribution in [0, 0.1) is 24.4 Å². The van der Waals surface area contributed by atoms with Crippen molar-refractivity contribution in [1.82, 2.24) is 9.55 Å². The maximum atomic E-state index is 14.1. The molecule has 10 heteroatoms. The number of hydrogen-bond donors (Lipinski definition) is 1. The third kappa shape index (κ3) is 3.07. The molecule has 0 aliphatic carbocycles. The summed E-state index contributed by atoms with van der Waals surface area (Å²) in [7, 11) is 0. The Bertz CT molecular complexity index is 1190. The second-order valence-corrected chi connectivity index (χ2v) is 6.22. The van der Waals surface area contributed by atoms with Crippen LogP contribution in [0.1, 0.15) is 22.8 Å². The van der Waals surface area contributed by atoms with Crippen LogP contribution in [0.2, 0.25) is 5.02 Å². The van der Waals surface area contributed by atoms with Gasteiger partial charge in [0.1, 0.15) is 16.4 Å². The second kappa shape index (κ2) is 7.16. The molecule has 0 atom stereocenters. The van der Waals surface area contributed by atoms with Gasteiger partial charge in [-0.25, -0.2) is 22.9 Å². The van der Waals surface area contributed by atoms with Crippen molar-refractivity contribution in [2.75, 3.05) is 12.3 Å². The van der Waals surface area contributed by atoms with Gasteiger partial charge in [-0.1, -0.05) is 11.6 Å². The number of fused-ring (bicyclic) bond motifs is 1. The SMILES string of the molecule is CCOC(=O)c1cn(-c2nc(N)c(F)cc2C)c2c(Cl)c(F)c(F)cc2c1=O. The number of pyridine rings is 2. The predicted molar refractivity (Wildman–Crippen MR) is 97.3 cm³/mol. The normalized spacial score (nSPS) is 11.1. The van der Waals surface area contributed by atoms with E-state index in [0.717, 1.165) is 16.8 Å². The molecule has 0 radical (unpaired) electrons. The number of aryl methyl sites for hydroxylation is 1. The number of nitrogens with zero attached hydrogens (tertiary/aromatic N) is 2. The molecule has 2 heterocycles. The van der Waals surface area contributed by atoms with Crippen molar-refractivity contribution >= 4 is 34.3 Å². The average molecular weight is 412 g/mol. The Hall–Kier alpha value is -3.07. The molecule has 1 aromatic carbocycles. The lowest BCUT2D eigenvalue weighted by atomic mass is 10.1. The molecule has 0 aliphatic rings. The highest BCUT2D eigenvalue weighted by Gasteiger charge is 2.24. The third-order valence-electron chi connectivity index (χ3n) is 4.02. The van der Waals surface area contributed by atoms with Crippen LogP contribution in [0.4, 0.5) is 19.0 Å². The van der Waals surface area contributed by atoms with Crippen LogP contribution in [0.25, 0.3) is 16.7 Å². The summed E-state index contributed by atoms with van der Waals surface area (Å²) >= 11 is 5.95. The Morgan fingerprint density at radius 3 is 2.61 bits per heavy atom. The van der Waals surface area contributed by atoms with Gasteiger partial charge in [-0.15, -0.1) is 0 Å². The van der Waals surface area contributed by atoms with E-state index < -0.39 is 45.3 Å². The van der Waals surface area contributed by atoms with Gasteiger partial charge < -0.3 is 10.5 Å². The number of rotatable bonds is 3. The number of esters is 1. The molecule has 0 saturated heterocycles. The predicted octanol–water partition coefficient (Wildman–Crippen LogP) is 3.52. The number of ether oxygens (including phenoxy) is 1. The molecule has 146 valence electrons. The average Bonchev–Trinajstić information content (AvgIpc) is 2.64. The Balaban J connectivity index is 2.52. The second-order valence-electron chi connectivity index (χ2n) is 5.84. The minimum Gasteiger partial charge on any atom is -0.462 e. The summed E-state index contributed by atoms with van der Waals surface area (Å²) < 4.78 is 47.6. The van der Waals surface area contributed by atoms with Crippen LogP contribution < -0.4 is 11.2 Å². The number of carbonyl (C=O) groups is 1. The molecule has 0 fully saturated rings. The van der Waals surface area contributed by atoms with Gasteiger partial charge in [0, 0.05) is 6.20 Å². The van der Waals surface area contributed by atoms with Gasteiger partial charge >= 0.3 is 5.97 Å². The Kier molecular flexibility index (Phi) is 5.03. The number of anilines is 1. The highest BCUT2D eigenvalue weighted by molar-refractivity contribution is 6.35. The van der Waals surface area contributed by atoms with Crippen LogP contribution in [-0.4, -0.2) is 22.1 Å². The van der Waals surface area contributed by atoms with Crippen molar-refractivity contribution in [3.8, 4) is 5.82 Å². The van der Waals surface area contributed by atoms with E-state index in [1.807, 2.05) is 0 Å². The number of carbonyl (C=O) groups excluding carboxylic acids is 1. The number of hydrogen-bond acceptors (Lipinski definition) is 5. The lowest BCUT2D eigenvalue weighted by molar-refractivity contribution is 0.0524. The molecule has 0 unspecified atom stereocenters. The molecule has 6 nitrogen and oxygen atoms in total. The van der Waals surface area contributed by atoms with Crippen molar-refractivity contribution < 1.29 is 22.7 Å². The number of halogens is 4. The monoisotopic (exact) mass is 411 g/mol. The molecule has 0 aliphatic heterocycles. The van der Waals surface area contributed by atoms with E-state index in [0.29, 0.717) is 6.07 Å². The molecular formula is C18H13ClF3N3O3. The highest BCUT2D eigenvalue weighted by Crippen LogP contribution is 2.30. The van der Waals surface area contributed by atoms with Crippen molar-refractivity contribution in [3.05, 3.63) is 62.2 Å². The topological polar surface area (TPSA) is 87.2 Å². The van der Waals surface area contributed by atoms with Crippen LogP contribution in [0.3, 0.4) is 0 Å². The summed E-state index contributed by atoms with van der Waals surface area (Å²) in [6.07, 6.45) is 1.03. The van der Waals surface area contributed by atoms with E-state index in [-0.39, 0.29) is 28.9 Å².